The van der Waals surface area contributed by atoms with Gasteiger partial charge in [0.1, 0.15) is 12.4 Å². The van der Waals surface area contributed by atoms with Crippen LogP contribution < -0.4 is 10.2 Å². The minimum atomic E-state index is -1.01. The predicted molar refractivity (Wildman–Crippen MR) is 97.8 cm³/mol. The molecule has 4 rings (SSSR count). The molecule has 0 spiro atoms. The summed E-state index contributed by atoms with van der Waals surface area (Å²) in [5.74, 6) is -1.95. The fourth-order valence-corrected chi connectivity index (χ4v) is 3.25. The van der Waals surface area contributed by atoms with E-state index in [1.54, 1.807) is 12.1 Å². The van der Waals surface area contributed by atoms with E-state index < -0.39 is 29.7 Å². The van der Waals surface area contributed by atoms with Crippen molar-refractivity contribution < 1.29 is 18.8 Å². The summed E-state index contributed by atoms with van der Waals surface area (Å²) < 4.78 is 13.1. The van der Waals surface area contributed by atoms with Gasteiger partial charge in [-0.15, -0.1) is 0 Å². The Kier molecular flexibility index (Phi) is 4.34. The normalized spacial score (nSPS) is 20.6. The van der Waals surface area contributed by atoms with E-state index in [2.05, 4.69) is 15.7 Å². The highest BCUT2D eigenvalue weighted by molar-refractivity contribution is 6.25. The second-order valence-corrected chi connectivity index (χ2v) is 6.54. The fraction of sp³-hybridized carbons (Fsp3) is 0.211. The summed E-state index contributed by atoms with van der Waals surface area (Å²) in [4.78, 5) is 38.7. The van der Waals surface area contributed by atoms with Gasteiger partial charge >= 0.3 is 0 Å². The van der Waals surface area contributed by atoms with Gasteiger partial charge in [0.15, 0.2) is 12.1 Å². The van der Waals surface area contributed by atoms with Crippen LogP contribution in [0.3, 0.4) is 0 Å². The van der Waals surface area contributed by atoms with Crippen LogP contribution in [0.2, 0.25) is 0 Å². The van der Waals surface area contributed by atoms with E-state index in [4.69, 9.17) is 0 Å². The lowest BCUT2D eigenvalue weighted by molar-refractivity contribution is -0.123. The van der Waals surface area contributed by atoms with Crippen LogP contribution in [0.25, 0.3) is 0 Å². The number of fused-ring (bicyclic) bond motifs is 1. The third-order valence-electron chi connectivity index (χ3n) is 4.67. The van der Waals surface area contributed by atoms with E-state index in [0.717, 1.165) is 10.5 Å². The number of aryl methyl sites for hydroxylation is 1. The molecule has 2 aliphatic heterocycles. The predicted octanol–water partition coefficient (Wildman–Crippen LogP) is 2.07. The van der Waals surface area contributed by atoms with Gasteiger partial charge in [-0.3, -0.25) is 19.4 Å². The van der Waals surface area contributed by atoms with E-state index >= 15 is 0 Å². The number of nitrogens with one attached hydrogen (secondary N) is 1. The van der Waals surface area contributed by atoms with Gasteiger partial charge in [-0.2, -0.15) is 5.11 Å². The Morgan fingerprint density at radius 1 is 1.11 bits per heavy atom. The number of carbonyl (C=O) groups excluding carboxylic acids is 3. The summed E-state index contributed by atoms with van der Waals surface area (Å²) in [6.07, 6.45) is 0. The second kappa shape index (κ2) is 6.84. The summed E-state index contributed by atoms with van der Waals surface area (Å²) >= 11 is 0. The van der Waals surface area contributed by atoms with E-state index in [1.165, 1.54) is 29.3 Å². The van der Waals surface area contributed by atoms with Gasteiger partial charge in [0.05, 0.1) is 5.69 Å². The first-order chi connectivity index (χ1) is 13.5. The van der Waals surface area contributed by atoms with Crippen LogP contribution in [0.5, 0.6) is 0 Å². The van der Waals surface area contributed by atoms with Gasteiger partial charge in [-0.1, -0.05) is 23.4 Å². The quantitative estimate of drug-likeness (QED) is 0.821. The van der Waals surface area contributed by atoms with Gasteiger partial charge in [0.25, 0.3) is 11.8 Å². The van der Waals surface area contributed by atoms with Crippen molar-refractivity contribution in [1.29, 1.82) is 0 Å². The highest BCUT2D eigenvalue weighted by atomic mass is 19.1. The smallest absolute Gasteiger partial charge is 0.263 e. The Hall–Kier alpha value is -3.62. The average molecular weight is 381 g/mol. The molecule has 2 aromatic rings. The third-order valence-corrected chi connectivity index (χ3v) is 4.67. The Labute approximate surface area is 159 Å². The number of hydrogen-bond acceptors (Lipinski definition) is 6. The second-order valence-electron chi connectivity index (χ2n) is 6.54. The lowest BCUT2D eigenvalue weighted by atomic mass is 10.1. The van der Waals surface area contributed by atoms with Crippen LogP contribution >= 0.6 is 0 Å². The van der Waals surface area contributed by atoms with E-state index in [-0.39, 0.29) is 18.1 Å². The van der Waals surface area contributed by atoms with Crippen LogP contribution in [0.4, 0.5) is 15.8 Å². The number of para-hydroxylation sites is 1. The number of rotatable bonds is 4. The number of halogens is 1. The minimum Gasteiger partial charge on any atom is -0.324 e. The van der Waals surface area contributed by atoms with Gasteiger partial charge in [-0.05, 0) is 42.8 Å². The van der Waals surface area contributed by atoms with Crippen LogP contribution in [0.1, 0.15) is 5.56 Å². The maximum absolute atomic E-state index is 13.1. The molecule has 0 saturated carbocycles. The molecule has 1 saturated heterocycles. The lowest BCUT2D eigenvalue weighted by Crippen LogP contribution is -2.43. The topological polar surface area (TPSA) is 94.4 Å². The zero-order valence-corrected chi connectivity index (χ0v) is 14.9. The first-order valence-electron chi connectivity index (χ1n) is 8.62. The van der Waals surface area contributed by atoms with Crippen molar-refractivity contribution in [3.05, 3.63) is 59.9 Å². The number of amides is 3. The number of anilines is 2. The Bertz CT molecular complexity index is 991. The SMILES string of the molecule is Cc1ccccc1NC(=O)CN1N=N[C@H]2C(=O)N(c3ccc(F)cc3)C(=O)[C@H]21. The van der Waals surface area contributed by atoms with Crippen molar-refractivity contribution in [1.82, 2.24) is 5.01 Å². The van der Waals surface area contributed by atoms with Crippen LogP contribution in [-0.4, -0.2) is 41.4 Å². The molecule has 2 aromatic carbocycles. The average Bonchev–Trinajstić information content (AvgIpc) is 3.18. The molecule has 142 valence electrons. The van der Waals surface area contributed by atoms with Crippen molar-refractivity contribution in [2.45, 2.75) is 19.0 Å². The standard InChI is InChI=1S/C19H16FN5O3/c1-11-4-2-3-5-14(11)21-15(26)10-24-17-16(22-23-24)18(27)25(19(17)28)13-8-6-12(20)7-9-13/h2-9,16-17H,10H2,1H3,(H,21,26)/t16-,17+/m1/s1. The van der Waals surface area contributed by atoms with Crippen molar-refractivity contribution in [3.8, 4) is 0 Å². The van der Waals surface area contributed by atoms with Crippen LogP contribution in [0.15, 0.2) is 58.9 Å². The zero-order chi connectivity index (χ0) is 19.8. The summed E-state index contributed by atoms with van der Waals surface area (Å²) in [7, 11) is 0. The molecular formula is C19H16FN5O3. The van der Waals surface area contributed by atoms with E-state index in [9.17, 15) is 18.8 Å². The minimum absolute atomic E-state index is 0.227. The molecule has 1 fully saturated rings. The molecule has 2 atom stereocenters. The Morgan fingerprint density at radius 3 is 2.54 bits per heavy atom. The molecule has 2 aliphatic rings. The Morgan fingerprint density at radius 2 is 1.82 bits per heavy atom. The zero-order valence-electron chi connectivity index (χ0n) is 14.9. The molecule has 3 amide bonds. The number of benzene rings is 2. The van der Waals surface area contributed by atoms with Gasteiger partial charge in [-0.25, -0.2) is 9.29 Å². The first kappa shape index (κ1) is 17.8. The van der Waals surface area contributed by atoms with Gasteiger partial charge in [0, 0.05) is 5.69 Å². The van der Waals surface area contributed by atoms with Crippen LogP contribution in [-0.2, 0) is 14.4 Å². The molecule has 0 aliphatic carbocycles. The number of carbonyl (C=O) groups is 3. The highest BCUT2D eigenvalue weighted by Gasteiger charge is 2.55. The van der Waals surface area contributed by atoms with E-state index in [0.29, 0.717) is 5.69 Å². The summed E-state index contributed by atoms with van der Waals surface area (Å²) in [5.41, 5.74) is 1.80. The fourth-order valence-electron chi connectivity index (χ4n) is 3.25. The molecule has 0 bridgehead atoms. The molecule has 8 nitrogen and oxygen atoms in total. The molecule has 0 unspecified atom stereocenters. The lowest BCUT2D eigenvalue weighted by Gasteiger charge is -2.20. The molecular weight excluding hydrogens is 365 g/mol. The first-order valence-corrected chi connectivity index (χ1v) is 8.62. The van der Waals surface area contributed by atoms with Crippen LogP contribution in [0, 0.1) is 12.7 Å². The summed E-state index contributed by atoms with van der Waals surface area (Å²) in [6.45, 7) is 1.64. The Balaban J connectivity index is 1.49. The molecule has 1 N–H and O–H groups in total. The van der Waals surface area contributed by atoms with Crippen molar-refractivity contribution >= 4 is 29.1 Å². The molecule has 0 radical (unpaired) electrons. The van der Waals surface area contributed by atoms with Gasteiger partial charge in [0.2, 0.25) is 5.91 Å². The molecule has 0 aromatic heterocycles. The largest absolute Gasteiger partial charge is 0.324 e. The summed E-state index contributed by atoms with van der Waals surface area (Å²) in [5, 5.41) is 11.7. The van der Waals surface area contributed by atoms with Crippen molar-refractivity contribution in [2.75, 3.05) is 16.8 Å². The number of imide groups is 1. The van der Waals surface area contributed by atoms with E-state index in [1.807, 2.05) is 19.1 Å². The third kappa shape index (κ3) is 3.00. The van der Waals surface area contributed by atoms with Gasteiger partial charge < -0.3 is 5.32 Å². The van der Waals surface area contributed by atoms with Crippen molar-refractivity contribution in [2.24, 2.45) is 10.3 Å². The number of nitrogens with zero attached hydrogens (tertiary/aromatic N) is 4. The maximum Gasteiger partial charge on any atom is 0.263 e. The summed E-state index contributed by atoms with van der Waals surface area (Å²) in [6, 6.07) is 10.3. The number of hydrogen-bond donors (Lipinski definition) is 1. The maximum atomic E-state index is 13.1. The molecule has 2 heterocycles. The highest BCUT2D eigenvalue weighted by Crippen LogP contribution is 2.31. The van der Waals surface area contributed by atoms with Crippen molar-refractivity contribution in [3.63, 3.8) is 0 Å². The monoisotopic (exact) mass is 381 g/mol. The molecule has 9 heteroatoms. The molecule has 28 heavy (non-hydrogen) atoms.